The molecule has 8 heteroatoms. The van der Waals surface area contributed by atoms with Gasteiger partial charge in [-0.3, -0.25) is 4.79 Å². The summed E-state index contributed by atoms with van der Waals surface area (Å²) in [5.74, 6) is -1.59. The number of aliphatic hydroxyl groups is 1. The van der Waals surface area contributed by atoms with Gasteiger partial charge in [-0.2, -0.15) is 0 Å². The van der Waals surface area contributed by atoms with Crippen LogP contribution in [0.15, 0.2) is 18.2 Å². The standard InChI is InChI=1S/C13H15Cl2NO5/c1-7(12(18)16-10(4-5-17)13(19)20)21-11-3-2-8(14)6-9(11)15/h2-3,6-7,10,17H,4-5H2,1H3,(H,16,18)(H,19,20)/t7?,10-/m1/s1. The summed E-state index contributed by atoms with van der Waals surface area (Å²) in [4.78, 5) is 22.8. The van der Waals surface area contributed by atoms with E-state index in [9.17, 15) is 9.59 Å². The van der Waals surface area contributed by atoms with Gasteiger partial charge in [0.25, 0.3) is 5.91 Å². The molecular formula is C13H15Cl2NO5. The summed E-state index contributed by atoms with van der Waals surface area (Å²) in [7, 11) is 0. The maximum absolute atomic E-state index is 11.9. The highest BCUT2D eigenvalue weighted by Gasteiger charge is 2.23. The zero-order chi connectivity index (χ0) is 16.0. The number of halogens is 2. The van der Waals surface area contributed by atoms with Crippen LogP contribution in [0.2, 0.25) is 10.0 Å². The Morgan fingerprint density at radius 2 is 2.05 bits per heavy atom. The maximum Gasteiger partial charge on any atom is 0.326 e. The van der Waals surface area contributed by atoms with Crippen LogP contribution in [0.5, 0.6) is 5.75 Å². The van der Waals surface area contributed by atoms with Crippen LogP contribution in [0.4, 0.5) is 0 Å². The van der Waals surface area contributed by atoms with E-state index in [1.54, 1.807) is 6.07 Å². The van der Waals surface area contributed by atoms with Crippen molar-refractivity contribution in [2.45, 2.75) is 25.5 Å². The molecule has 0 spiro atoms. The molecule has 0 radical (unpaired) electrons. The first kappa shape index (κ1) is 17.6. The van der Waals surface area contributed by atoms with Crippen LogP contribution in [0.1, 0.15) is 13.3 Å². The molecule has 2 atom stereocenters. The minimum Gasteiger partial charge on any atom is -0.480 e. The SMILES string of the molecule is CC(Oc1ccc(Cl)cc1Cl)C(=O)N[C@H](CCO)C(=O)O. The number of aliphatic carboxylic acids is 1. The molecule has 0 heterocycles. The van der Waals surface area contributed by atoms with Crippen LogP contribution in [0.3, 0.4) is 0 Å². The van der Waals surface area contributed by atoms with Crippen LogP contribution in [0, 0.1) is 0 Å². The first-order valence-electron chi connectivity index (χ1n) is 6.11. The molecular weight excluding hydrogens is 321 g/mol. The van der Waals surface area contributed by atoms with Gasteiger partial charge in [0.05, 0.1) is 5.02 Å². The van der Waals surface area contributed by atoms with Gasteiger partial charge in [-0.05, 0) is 25.1 Å². The molecule has 0 bridgehead atoms. The van der Waals surface area contributed by atoms with Crippen LogP contribution >= 0.6 is 23.2 Å². The van der Waals surface area contributed by atoms with Crippen LogP contribution in [0.25, 0.3) is 0 Å². The fourth-order valence-corrected chi connectivity index (χ4v) is 1.94. The van der Waals surface area contributed by atoms with E-state index in [0.717, 1.165) is 0 Å². The van der Waals surface area contributed by atoms with Crippen molar-refractivity contribution in [3.63, 3.8) is 0 Å². The summed E-state index contributed by atoms with van der Waals surface area (Å²) in [6.45, 7) is 1.10. The normalized spacial score (nSPS) is 13.3. The molecule has 1 rings (SSSR count). The van der Waals surface area contributed by atoms with E-state index in [1.807, 2.05) is 0 Å². The van der Waals surface area contributed by atoms with Crippen molar-refractivity contribution >= 4 is 35.1 Å². The van der Waals surface area contributed by atoms with Gasteiger partial charge in [-0.25, -0.2) is 4.79 Å². The summed E-state index contributed by atoms with van der Waals surface area (Å²) >= 11 is 11.7. The Bertz CT molecular complexity index is 523. The van der Waals surface area contributed by atoms with Gasteiger partial charge in [0, 0.05) is 18.1 Å². The third-order valence-corrected chi connectivity index (χ3v) is 3.13. The third-order valence-electron chi connectivity index (χ3n) is 2.60. The van der Waals surface area contributed by atoms with Crippen molar-refractivity contribution in [3.05, 3.63) is 28.2 Å². The van der Waals surface area contributed by atoms with E-state index in [1.165, 1.54) is 19.1 Å². The number of nitrogens with one attached hydrogen (secondary N) is 1. The van der Waals surface area contributed by atoms with E-state index >= 15 is 0 Å². The number of aliphatic hydroxyl groups excluding tert-OH is 1. The van der Waals surface area contributed by atoms with Crippen molar-refractivity contribution in [1.29, 1.82) is 0 Å². The Balaban J connectivity index is 2.67. The number of carboxylic acid groups (broad SMARTS) is 1. The lowest BCUT2D eigenvalue weighted by Crippen LogP contribution is -2.46. The van der Waals surface area contributed by atoms with Crippen LogP contribution in [-0.2, 0) is 9.59 Å². The van der Waals surface area contributed by atoms with Gasteiger partial charge in [0.1, 0.15) is 11.8 Å². The fraction of sp³-hybridized carbons (Fsp3) is 0.385. The minimum atomic E-state index is -1.23. The van der Waals surface area contributed by atoms with Gasteiger partial charge in [-0.15, -0.1) is 0 Å². The maximum atomic E-state index is 11.9. The predicted molar refractivity (Wildman–Crippen MR) is 77.8 cm³/mol. The van der Waals surface area contributed by atoms with E-state index in [-0.39, 0.29) is 23.8 Å². The van der Waals surface area contributed by atoms with E-state index in [0.29, 0.717) is 5.02 Å². The van der Waals surface area contributed by atoms with Gasteiger partial charge >= 0.3 is 5.97 Å². The second-order valence-electron chi connectivity index (χ2n) is 4.25. The molecule has 0 saturated heterocycles. The molecule has 6 nitrogen and oxygen atoms in total. The monoisotopic (exact) mass is 335 g/mol. The van der Waals surface area contributed by atoms with Crippen molar-refractivity contribution in [1.82, 2.24) is 5.32 Å². The number of ether oxygens (including phenoxy) is 1. The van der Waals surface area contributed by atoms with Crippen molar-refractivity contribution in [2.75, 3.05) is 6.61 Å². The molecule has 1 aromatic carbocycles. The number of hydrogen-bond acceptors (Lipinski definition) is 4. The summed E-state index contributed by atoms with van der Waals surface area (Å²) in [6, 6.07) is 3.36. The van der Waals surface area contributed by atoms with Crippen LogP contribution in [-0.4, -0.2) is 40.8 Å². The molecule has 0 aromatic heterocycles. The first-order valence-corrected chi connectivity index (χ1v) is 6.86. The number of amides is 1. The second-order valence-corrected chi connectivity index (χ2v) is 5.09. The first-order chi connectivity index (χ1) is 9.85. The Hall–Kier alpha value is -1.50. The van der Waals surface area contributed by atoms with E-state index in [2.05, 4.69) is 5.32 Å². The zero-order valence-corrected chi connectivity index (χ0v) is 12.7. The molecule has 0 aliphatic carbocycles. The Morgan fingerprint density at radius 1 is 1.38 bits per heavy atom. The van der Waals surface area contributed by atoms with Gasteiger partial charge in [0.15, 0.2) is 6.10 Å². The lowest BCUT2D eigenvalue weighted by molar-refractivity contribution is -0.143. The molecule has 0 aliphatic heterocycles. The lowest BCUT2D eigenvalue weighted by Gasteiger charge is -2.18. The molecule has 1 aromatic rings. The van der Waals surface area contributed by atoms with Gasteiger partial charge < -0.3 is 20.3 Å². The minimum absolute atomic E-state index is 0.0878. The summed E-state index contributed by atoms with van der Waals surface area (Å²) in [6.07, 6.45) is -1.04. The smallest absolute Gasteiger partial charge is 0.326 e. The number of carbonyl (C=O) groups is 2. The number of carboxylic acids is 1. The number of carbonyl (C=O) groups excluding carboxylic acids is 1. The highest BCUT2D eigenvalue weighted by Crippen LogP contribution is 2.28. The van der Waals surface area contributed by atoms with E-state index < -0.39 is 24.0 Å². The molecule has 0 fully saturated rings. The average Bonchev–Trinajstić information content (AvgIpc) is 2.41. The summed E-state index contributed by atoms with van der Waals surface area (Å²) in [5.41, 5.74) is 0. The summed E-state index contributed by atoms with van der Waals surface area (Å²) < 4.78 is 5.36. The number of hydrogen-bond donors (Lipinski definition) is 3. The Labute approximate surface area is 131 Å². The predicted octanol–water partition coefficient (Wildman–Crippen LogP) is 1.71. The highest BCUT2D eigenvalue weighted by atomic mass is 35.5. The average molecular weight is 336 g/mol. The molecule has 3 N–H and O–H groups in total. The molecule has 116 valence electrons. The van der Waals surface area contributed by atoms with Gasteiger partial charge in [0.2, 0.25) is 0 Å². The quantitative estimate of drug-likeness (QED) is 0.705. The second kappa shape index (κ2) is 8.07. The molecule has 1 amide bonds. The van der Waals surface area contributed by atoms with Crippen molar-refractivity contribution in [2.24, 2.45) is 0 Å². The van der Waals surface area contributed by atoms with E-state index in [4.69, 9.17) is 38.2 Å². The van der Waals surface area contributed by atoms with Crippen molar-refractivity contribution in [3.8, 4) is 5.75 Å². The van der Waals surface area contributed by atoms with Gasteiger partial charge in [-0.1, -0.05) is 23.2 Å². The third kappa shape index (κ3) is 5.41. The number of rotatable bonds is 7. The van der Waals surface area contributed by atoms with Crippen molar-refractivity contribution < 1.29 is 24.5 Å². The Kier molecular flexibility index (Phi) is 6.74. The number of benzene rings is 1. The Morgan fingerprint density at radius 3 is 2.57 bits per heavy atom. The molecule has 0 saturated carbocycles. The topological polar surface area (TPSA) is 95.9 Å². The molecule has 0 aliphatic rings. The lowest BCUT2D eigenvalue weighted by atomic mass is 10.2. The summed E-state index contributed by atoms with van der Waals surface area (Å²) in [5, 5.41) is 20.6. The fourth-order valence-electron chi connectivity index (χ4n) is 1.49. The largest absolute Gasteiger partial charge is 0.480 e. The zero-order valence-electron chi connectivity index (χ0n) is 11.2. The molecule has 1 unspecified atom stereocenters. The highest BCUT2D eigenvalue weighted by molar-refractivity contribution is 6.35. The van der Waals surface area contributed by atoms with Crippen LogP contribution < -0.4 is 10.1 Å². The molecule has 21 heavy (non-hydrogen) atoms.